The first-order valence-corrected chi connectivity index (χ1v) is 4.17. The van der Waals surface area contributed by atoms with E-state index in [0.717, 1.165) is 0 Å². The molecular weight excluding hydrogens is 207 g/mol. The van der Waals surface area contributed by atoms with Crippen molar-refractivity contribution in [2.45, 2.75) is 0 Å². The first-order valence-electron chi connectivity index (χ1n) is 3.79. The van der Waals surface area contributed by atoms with Crippen molar-refractivity contribution in [1.82, 2.24) is 15.0 Å². The molecule has 0 radical (unpaired) electrons. The molecule has 2 N–H and O–H groups in total. The van der Waals surface area contributed by atoms with Crippen LogP contribution < -0.4 is 5.73 Å². The number of anilines is 1. The van der Waals surface area contributed by atoms with E-state index in [4.69, 9.17) is 17.3 Å². The molecule has 1 heterocycles. The molecule has 0 aliphatic rings. The average molecular weight is 213 g/mol. The summed E-state index contributed by atoms with van der Waals surface area (Å²) in [5, 5.41) is 7.56. The van der Waals surface area contributed by atoms with Gasteiger partial charge in [0.1, 0.15) is 5.82 Å². The van der Waals surface area contributed by atoms with Gasteiger partial charge in [-0.25, -0.2) is 9.07 Å². The van der Waals surface area contributed by atoms with E-state index >= 15 is 0 Å². The Morgan fingerprint density at radius 3 is 2.71 bits per heavy atom. The molecule has 0 aliphatic heterocycles. The summed E-state index contributed by atoms with van der Waals surface area (Å²) in [4.78, 5) is 0. The molecule has 14 heavy (non-hydrogen) atoms. The van der Waals surface area contributed by atoms with E-state index in [1.807, 2.05) is 0 Å². The van der Waals surface area contributed by atoms with E-state index in [1.165, 1.54) is 23.0 Å². The Morgan fingerprint density at radius 2 is 2.14 bits per heavy atom. The summed E-state index contributed by atoms with van der Waals surface area (Å²) >= 11 is 5.67. The van der Waals surface area contributed by atoms with Crippen LogP contribution in [0.3, 0.4) is 0 Å². The molecule has 0 fully saturated rings. The van der Waals surface area contributed by atoms with Gasteiger partial charge >= 0.3 is 0 Å². The maximum Gasteiger partial charge on any atom is 0.166 e. The molecule has 0 saturated carbocycles. The highest BCUT2D eigenvalue weighted by atomic mass is 35.5. The van der Waals surface area contributed by atoms with Crippen molar-refractivity contribution in [2.24, 2.45) is 0 Å². The number of halogens is 2. The minimum Gasteiger partial charge on any atom is -0.381 e. The third-order valence-electron chi connectivity index (χ3n) is 1.62. The van der Waals surface area contributed by atoms with Crippen LogP contribution >= 0.6 is 11.6 Å². The highest BCUT2D eigenvalue weighted by molar-refractivity contribution is 6.30. The quantitative estimate of drug-likeness (QED) is 0.782. The van der Waals surface area contributed by atoms with Crippen molar-refractivity contribution in [3.63, 3.8) is 0 Å². The maximum atomic E-state index is 12.9. The number of hydrogen-bond acceptors (Lipinski definition) is 3. The number of nitrogens with zero attached hydrogens (tertiary/aromatic N) is 3. The van der Waals surface area contributed by atoms with Gasteiger partial charge in [0.25, 0.3) is 0 Å². The van der Waals surface area contributed by atoms with Gasteiger partial charge in [-0.1, -0.05) is 16.8 Å². The Balaban J connectivity index is 2.51. The molecular formula is C8H6ClFN4. The molecule has 0 unspecified atom stereocenters. The SMILES string of the molecule is Nc1cn(-c2cc(F)cc(Cl)c2)nn1. The van der Waals surface area contributed by atoms with Crippen LogP contribution in [0.1, 0.15) is 0 Å². The monoisotopic (exact) mass is 212 g/mol. The van der Waals surface area contributed by atoms with Gasteiger partial charge in [-0.3, -0.25) is 0 Å². The van der Waals surface area contributed by atoms with Gasteiger partial charge in [0.2, 0.25) is 0 Å². The molecule has 0 saturated heterocycles. The molecule has 0 bridgehead atoms. The minimum absolute atomic E-state index is 0.269. The lowest BCUT2D eigenvalue weighted by Gasteiger charge is -2.00. The summed E-state index contributed by atoms with van der Waals surface area (Å²) in [5.41, 5.74) is 5.86. The standard InChI is InChI=1S/C8H6ClFN4/c9-5-1-6(10)3-7(2-5)14-4-8(11)12-13-14/h1-4H,11H2. The largest absolute Gasteiger partial charge is 0.381 e. The van der Waals surface area contributed by atoms with Crippen LogP contribution in [0.25, 0.3) is 5.69 Å². The lowest BCUT2D eigenvalue weighted by molar-refractivity contribution is 0.625. The van der Waals surface area contributed by atoms with Crippen molar-refractivity contribution in [2.75, 3.05) is 5.73 Å². The van der Waals surface area contributed by atoms with Crippen LogP contribution in [0.5, 0.6) is 0 Å². The summed E-state index contributed by atoms with van der Waals surface area (Å²) in [6, 6.07) is 4.07. The van der Waals surface area contributed by atoms with E-state index in [0.29, 0.717) is 10.7 Å². The molecule has 0 aliphatic carbocycles. The summed E-state index contributed by atoms with van der Waals surface area (Å²) in [6.45, 7) is 0. The third kappa shape index (κ3) is 1.67. The number of nitrogen functional groups attached to an aromatic ring is 1. The summed E-state index contributed by atoms with van der Waals surface area (Å²) in [5.74, 6) is -0.160. The second kappa shape index (κ2) is 3.26. The Hall–Kier alpha value is -1.62. The Morgan fingerprint density at radius 1 is 1.36 bits per heavy atom. The molecule has 0 atom stereocenters. The van der Waals surface area contributed by atoms with Crippen LogP contribution in [0.4, 0.5) is 10.2 Å². The molecule has 2 aromatic rings. The van der Waals surface area contributed by atoms with Crippen LogP contribution in [0, 0.1) is 5.82 Å². The molecule has 1 aromatic carbocycles. The number of benzene rings is 1. The van der Waals surface area contributed by atoms with Gasteiger partial charge in [0, 0.05) is 5.02 Å². The van der Waals surface area contributed by atoms with Gasteiger partial charge < -0.3 is 5.73 Å². The Labute approximate surface area is 84.1 Å². The molecule has 1 aromatic heterocycles. The number of aromatic nitrogens is 3. The molecule has 4 nitrogen and oxygen atoms in total. The second-order valence-corrected chi connectivity index (χ2v) is 3.15. The van der Waals surface area contributed by atoms with E-state index in [1.54, 1.807) is 6.07 Å². The zero-order chi connectivity index (χ0) is 10.1. The van der Waals surface area contributed by atoms with Gasteiger partial charge in [0.05, 0.1) is 11.9 Å². The molecule has 2 rings (SSSR count). The van der Waals surface area contributed by atoms with Crippen molar-refractivity contribution in [1.29, 1.82) is 0 Å². The number of hydrogen-bond donors (Lipinski definition) is 1. The Bertz CT molecular complexity index is 448. The Kier molecular flexibility index (Phi) is 2.09. The van der Waals surface area contributed by atoms with E-state index in [-0.39, 0.29) is 5.82 Å². The minimum atomic E-state index is -0.429. The molecule has 6 heteroatoms. The highest BCUT2D eigenvalue weighted by Crippen LogP contribution is 2.17. The summed E-state index contributed by atoms with van der Waals surface area (Å²) in [6.07, 6.45) is 1.48. The van der Waals surface area contributed by atoms with Crippen molar-refractivity contribution in [3.8, 4) is 5.69 Å². The molecule has 0 spiro atoms. The number of rotatable bonds is 1. The van der Waals surface area contributed by atoms with Crippen molar-refractivity contribution < 1.29 is 4.39 Å². The number of nitrogens with two attached hydrogens (primary N) is 1. The average Bonchev–Trinajstić information content (AvgIpc) is 2.50. The van der Waals surface area contributed by atoms with Crippen LogP contribution in [0.2, 0.25) is 5.02 Å². The van der Waals surface area contributed by atoms with Gasteiger partial charge in [0.15, 0.2) is 5.82 Å². The third-order valence-corrected chi connectivity index (χ3v) is 1.84. The second-order valence-electron chi connectivity index (χ2n) is 2.72. The predicted molar refractivity (Wildman–Crippen MR) is 50.7 cm³/mol. The topological polar surface area (TPSA) is 56.7 Å². The van der Waals surface area contributed by atoms with E-state index in [9.17, 15) is 4.39 Å². The lowest BCUT2D eigenvalue weighted by atomic mass is 10.3. The first-order chi connectivity index (χ1) is 6.65. The van der Waals surface area contributed by atoms with Gasteiger partial charge in [-0.15, -0.1) is 5.10 Å². The summed E-state index contributed by atoms with van der Waals surface area (Å²) in [7, 11) is 0. The first kappa shape index (κ1) is 8.96. The fourth-order valence-corrected chi connectivity index (χ4v) is 1.29. The fourth-order valence-electron chi connectivity index (χ4n) is 1.07. The fraction of sp³-hybridized carbons (Fsp3) is 0. The van der Waals surface area contributed by atoms with Gasteiger partial charge in [-0.05, 0) is 18.2 Å². The maximum absolute atomic E-state index is 12.9. The normalized spacial score (nSPS) is 10.4. The molecule has 72 valence electrons. The van der Waals surface area contributed by atoms with Crippen molar-refractivity contribution >= 4 is 17.4 Å². The molecule has 0 amide bonds. The van der Waals surface area contributed by atoms with E-state index in [2.05, 4.69) is 10.3 Å². The summed E-state index contributed by atoms with van der Waals surface area (Å²) < 4.78 is 14.3. The smallest absolute Gasteiger partial charge is 0.166 e. The highest BCUT2D eigenvalue weighted by Gasteiger charge is 2.03. The zero-order valence-corrected chi connectivity index (χ0v) is 7.74. The van der Waals surface area contributed by atoms with Crippen LogP contribution in [-0.2, 0) is 0 Å². The predicted octanol–water partition coefficient (Wildman–Crippen LogP) is 1.64. The van der Waals surface area contributed by atoms with Crippen molar-refractivity contribution in [3.05, 3.63) is 35.2 Å². The zero-order valence-electron chi connectivity index (χ0n) is 6.98. The van der Waals surface area contributed by atoms with E-state index < -0.39 is 5.82 Å². The lowest BCUT2D eigenvalue weighted by Crippen LogP contribution is -1.95. The van der Waals surface area contributed by atoms with Gasteiger partial charge in [-0.2, -0.15) is 0 Å². The van der Waals surface area contributed by atoms with Crippen LogP contribution in [-0.4, -0.2) is 15.0 Å². The van der Waals surface area contributed by atoms with Crippen LogP contribution in [0.15, 0.2) is 24.4 Å².